The van der Waals surface area contributed by atoms with E-state index in [1.54, 1.807) is 12.3 Å². The van der Waals surface area contributed by atoms with Gasteiger partial charge in [0.15, 0.2) is 0 Å². The zero-order valence-corrected chi connectivity index (χ0v) is 15.0. The van der Waals surface area contributed by atoms with Crippen molar-refractivity contribution < 1.29 is 13.2 Å². The Bertz CT molecular complexity index is 426. The van der Waals surface area contributed by atoms with Crippen LogP contribution in [0.25, 0.3) is 0 Å². The van der Waals surface area contributed by atoms with Crippen molar-refractivity contribution in [3.8, 4) is 0 Å². The first-order valence-corrected chi connectivity index (χ1v) is 7.38. The number of halogens is 6. The molecule has 1 N–H and O–H groups in total. The van der Waals surface area contributed by atoms with E-state index < -0.39 is 12.6 Å². The van der Waals surface area contributed by atoms with Crippen molar-refractivity contribution in [2.45, 2.75) is 25.1 Å². The Balaban J connectivity index is 0.00000220. The summed E-state index contributed by atoms with van der Waals surface area (Å²) in [4.78, 5) is 6.36. The maximum atomic E-state index is 12.5. The minimum atomic E-state index is -4.12. The average Bonchev–Trinajstić information content (AvgIpc) is 2.41. The SMILES string of the molecule is Cl.Cl.FC(F)(F)CC[C@@H](c1ccc(Br)cn1)N1CCNCC1. The molecule has 0 radical (unpaired) electrons. The fourth-order valence-electron chi connectivity index (χ4n) is 2.40. The molecule has 1 aromatic rings. The van der Waals surface area contributed by atoms with Gasteiger partial charge in [0.2, 0.25) is 0 Å². The number of nitrogens with one attached hydrogen (secondary N) is 1. The number of hydrogen-bond acceptors (Lipinski definition) is 3. The second kappa shape index (κ2) is 9.93. The lowest BCUT2D eigenvalue weighted by atomic mass is 10.0. The van der Waals surface area contributed by atoms with Gasteiger partial charge in [-0.05, 0) is 34.5 Å². The lowest BCUT2D eigenvalue weighted by molar-refractivity contribution is -0.138. The van der Waals surface area contributed by atoms with Gasteiger partial charge in [-0.15, -0.1) is 24.8 Å². The summed E-state index contributed by atoms with van der Waals surface area (Å²) in [6, 6.07) is 3.35. The summed E-state index contributed by atoms with van der Waals surface area (Å²) >= 11 is 3.30. The van der Waals surface area contributed by atoms with Crippen LogP contribution in [0.5, 0.6) is 0 Å². The van der Waals surface area contributed by atoms with Crippen LogP contribution in [0.15, 0.2) is 22.8 Å². The normalized spacial score (nSPS) is 17.3. The highest BCUT2D eigenvalue weighted by Crippen LogP contribution is 2.31. The smallest absolute Gasteiger partial charge is 0.314 e. The van der Waals surface area contributed by atoms with E-state index >= 15 is 0 Å². The summed E-state index contributed by atoms with van der Waals surface area (Å²) in [6.45, 7) is 3.11. The first-order valence-electron chi connectivity index (χ1n) is 6.59. The lowest BCUT2D eigenvalue weighted by Crippen LogP contribution is -2.45. The summed E-state index contributed by atoms with van der Waals surface area (Å²) in [6.07, 6.45) is -3.21. The zero-order valence-electron chi connectivity index (χ0n) is 11.8. The number of alkyl halides is 3. The molecule has 128 valence electrons. The van der Waals surface area contributed by atoms with E-state index in [2.05, 4.69) is 31.1 Å². The van der Waals surface area contributed by atoms with Crippen LogP contribution in [-0.4, -0.2) is 42.2 Å². The highest BCUT2D eigenvalue weighted by Gasteiger charge is 2.31. The number of nitrogens with zero attached hydrogens (tertiary/aromatic N) is 2. The van der Waals surface area contributed by atoms with Crippen LogP contribution in [0.3, 0.4) is 0 Å². The van der Waals surface area contributed by atoms with Crippen molar-refractivity contribution >= 4 is 40.7 Å². The number of aromatic nitrogens is 1. The molecule has 0 aliphatic carbocycles. The summed E-state index contributed by atoms with van der Waals surface area (Å²) < 4.78 is 38.3. The van der Waals surface area contributed by atoms with Gasteiger partial charge in [0, 0.05) is 43.3 Å². The molecule has 1 aliphatic rings. The van der Waals surface area contributed by atoms with Gasteiger partial charge in [0.1, 0.15) is 0 Å². The fourth-order valence-corrected chi connectivity index (χ4v) is 2.63. The van der Waals surface area contributed by atoms with Crippen LogP contribution in [0, 0.1) is 0 Å². The predicted octanol–water partition coefficient (Wildman–Crippen LogP) is 3.98. The van der Waals surface area contributed by atoms with Gasteiger partial charge in [0.25, 0.3) is 0 Å². The molecular formula is C13H19BrCl2F3N3. The minimum absolute atomic E-state index is 0. The number of hydrogen-bond donors (Lipinski definition) is 1. The van der Waals surface area contributed by atoms with Crippen LogP contribution >= 0.6 is 40.7 Å². The van der Waals surface area contributed by atoms with E-state index in [9.17, 15) is 13.2 Å². The van der Waals surface area contributed by atoms with Gasteiger partial charge in [-0.25, -0.2) is 0 Å². The van der Waals surface area contributed by atoms with Gasteiger partial charge in [-0.2, -0.15) is 13.2 Å². The summed E-state index contributed by atoms with van der Waals surface area (Å²) in [7, 11) is 0. The third-order valence-electron chi connectivity index (χ3n) is 3.39. The van der Waals surface area contributed by atoms with E-state index in [-0.39, 0.29) is 37.3 Å². The van der Waals surface area contributed by atoms with Crippen molar-refractivity contribution in [2.75, 3.05) is 26.2 Å². The maximum absolute atomic E-state index is 12.5. The van der Waals surface area contributed by atoms with Gasteiger partial charge >= 0.3 is 6.18 Å². The first-order chi connectivity index (χ1) is 9.46. The second-order valence-electron chi connectivity index (χ2n) is 4.86. The molecule has 2 heterocycles. The Morgan fingerprint density at radius 2 is 1.86 bits per heavy atom. The Hall–Kier alpha value is -0.0800. The van der Waals surface area contributed by atoms with E-state index in [1.165, 1.54) is 0 Å². The monoisotopic (exact) mass is 423 g/mol. The molecule has 1 atom stereocenters. The molecule has 0 aromatic carbocycles. The molecule has 1 fully saturated rings. The highest BCUT2D eigenvalue weighted by atomic mass is 79.9. The Morgan fingerprint density at radius 3 is 2.36 bits per heavy atom. The molecule has 1 aliphatic heterocycles. The molecule has 1 aromatic heterocycles. The standard InChI is InChI=1S/C13H17BrF3N3.2ClH/c14-10-1-2-11(19-9-10)12(3-4-13(15,16)17)20-7-5-18-6-8-20;;/h1-2,9,12,18H,3-8H2;2*1H/t12-;;/m0../s1. The highest BCUT2D eigenvalue weighted by molar-refractivity contribution is 9.10. The number of pyridine rings is 1. The third kappa shape index (κ3) is 7.00. The van der Waals surface area contributed by atoms with Gasteiger partial charge in [-0.1, -0.05) is 0 Å². The average molecular weight is 425 g/mol. The molecular weight excluding hydrogens is 406 g/mol. The van der Waals surface area contributed by atoms with Crippen molar-refractivity contribution in [3.63, 3.8) is 0 Å². The summed E-state index contributed by atoms with van der Waals surface area (Å²) in [5.74, 6) is 0. The van der Waals surface area contributed by atoms with E-state index in [0.29, 0.717) is 5.69 Å². The van der Waals surface area contributed by atoms with Crippen LogP contribution in [0.1, 0.15) is 24.6 Å². The van der Waals surface area contributed by atoms with Gasteiger partial charge in [0.05, 0.1) is 11.7 Å². The Labute approximate surface area is 149 Å². The van der Waals surface area contributed by atoms with Crippen molar-refractivity contribution in [1.82, 2.24) is 15.2 Å². The fraction of sp³-hybridized carbons (Fsp3) is 0.615. The maximum Gasteiger partial charge on any atom is 0.389 e. The van der Waals surface area contributed by atoms with Crippen molar-refractivity contribution in [2.24, 2.45) is 0 Å². The molecule has 0 spiro atoms. The molecule has 0 bridgehead atoms. The first kappa shape index (κ1) is 21.9. The molecule has 0 unspecified atom stereocenters. The largest absolute Gasteiger partial charge is 0.389 e. The van der Waals surface area contributed by atoms with Crippen LogP contribution in [0.4, 0.5) is 13.2 Å². The lowest BCUT2D eigenvalue weighted by Gasteiger charge is -2.34. The molecule has 22 heavy (non-hydrogen) atoms. The van der Waals surface area contributed by atoms with Crippen LogP contribution < -0.4 is 5.32 Å². The number of piperazine rings is 1. The minimum Gasteiger partial charge on any atom is -0.314 e. The van der Waals surface area contributed by atoms with Crippen LogP contribution in [0.2, 0.25) is 0 Å². The van der Waals surface area contributed by atoms with Crippen LogP contribution in [-0.2, 0) is 0 Å². The molecule has 2 rings (SSSR count). The van der Waals surface area contributed by atoms with Gasteiger partial charge in [-0.3, -0.25) is 9.88 Å². The number of rotatable bonds is 4. The third-order valence-corrected chi connectivity index (χ3v) is 3.85. The Morgan fingerprint density at radius 1 is 1.23 bits per heavy atom. The molecule has 3 nitrogen and oxygen atoms in total. The molecule has 0 amide bonds. The molecule has 0 saturated carbocycles. The molecule has 9 heteroatoms. The van der Waals surface area contributed by atoms with E-state index in [0.717, 1.165) is 30.7 Å². The topological polar surface area (TPSA) is 28.2 Å². The van der Waals surface area contributed by atoms with Crippen molar-refractivity contribution in [1.29, 1.82) is 0 Å². The second-order valence-corrected chi connectivity index (χ2v) is 5.77. The predicted molar refractivity (Wildman–Crippen MR) is 88.9 cm³/mol. The van der Waals surface area contributed by atoms with Gasteiger partial charge < -0.3 is 5.32 Å². The van der Waals surface area contributed by atoms with E-state index in [4.69, 9.17) is 0 Å². The zero-order chi connectivity index (χ0) is 14.6. The van der Waals surface area contributed by atoms with E-state index in [1.807, 2.05) is 6.07 Å². The van der Waals surface area contributed by atoms with Crippen molar-refractivity contribution in [3.05, 3.63) is 28.5 Å². The summed E-state index contributed by atoms with van der Waals surface area (Å²) in [5.41, 5.74) is 0.708. The quantitative estimate of drug-likeness (QED) is 0.792. The summed E-state index contributed by atoms with van der Waals surface area (Å²) in [5, 5.41) is 3.21. The Kier molecular flexibility index (Phi) is 9.89. The molecule has 1 saturated heterocycles.